The Hall–Kier alpha value is -3.04. The average molecular weight is 396 g/mol. The van der Waals surface area contributed by atoms with Crippen molar-refractivity contribution in [3.63, 3.8) is 0 Å². The normalized spacial score (nSPS) is 16.3. The van der Waals surface area contributed by atoms with E-state index in [0.29, 0.717) is 18.0 Å². The Morgan fingerprint density at radius 3 is 2.71 bits per heavy atom. The van der Waals surface area contributed by atoms with Crippen LogP contribution in [0.5, 0.6) is 5.75 Å². The maximum Gasteiger partial charge on any atom is 0.435 e. The van der Waals surface area contributed by atoms with Crippen molar-refractivity contribution < 1.29 is 27.5 Å². The molecule has 1 unspecified atom stereocenters. The second-order valence-electron chi connectivity index (χ2n) is 6.27. The van der Waals surface area contributed by atoms with E-state index >= 15 is 0 Å². The van der Waals surface area contributed by atoms with E-state index in [1.54, 1.807) is 24.3 Å². The molecule has 0 saturated carbocycles. The first kappa shape index (κ1) is 19.7. The Bertz CT molecular complexity index is 866. The molecule has 0 spiro atoms. The summed E-state index contributed by atoms with van der Waals surface area (Å²) in [4.78, 5) is 26.4. The summed E-state index contributed by atoms with van der Waals surface area (Å²) in [5.41, 5.74) is -0.616. The first-order valence-electron chi connectivity index (χ1n) is 8.74. The second kappa shape index (κ2) is 7.91. The Balaban J connectivity index is 1.79. The van der Waals surface area contributed by atoms with E-state index in [-0.39, 0.29) is 12.5 Å². The minimum atomic E-state index is -4.58. The van der Waals surface area contributed by atoms with Gasteiger partial charge >= 0.3 is 6.18 Å². The lowest BCUT2D eigenvalue weighted by molar-refractivity contribution is -0.141. The van der Waals surface area contributed by atoms with Crippen LogP contribution in [0.25, 0.3) is 0 Å². The summed E-state index contributed by atoms with van der Waals surface area (Å²) in [5.74, 6) is -0.497. The quantitative estimate of drug-likeness (QED) is 0.841. The number of halogens is 3. The highest BCUT2D eigenvalue weighted by Gasteiger charge is 2.35. The number of nitrogens with one attached hydrogen (secondary N) is 1. The number of hydrogen-bond donors (Lipinski definition) is 1. The SMILES string of the molecule is CCCNC(=O)C1CN(C(=O)Cn2ccc(C(F)(F)F)n2)c2ccccc2O1. The van der Waals surface area contributed by atoms with Gasteiger partial charge in [-0.1, -0.05) is 19.1 Å². The molecule has 3 rings (SSSR count). The molecule has 0 bridgehead atoms. The van der Waals surface area contributed by atoms with Gasteiger partial charge < -0.3 is 15.0 Å². The van der Waals surface area contributed by atoms with E-state index in [1.807, 2.05) is 6.92 Å². The van der Waals surface area contributed by atoms with E-state index in [1.165, 1.54) is 4.90 Å². The van der Waals surface area contributed by atoms with Crippen LogP contribution in [0.4, 0.5) is 18.9 Å². The Kier molecular flexibility index (Phi) is 5.57. The summed E-state index contributed by atoms with van der Waals surface area (Å²) >= 11 is 0. The number of anilines is 1. The summed E-state index contributed by atoms with van der Waals surface area (Å²) in [6, 6.07) is 7.50. The molecule has 1 atom stereocenters. The fourth-order valence-corrected chi connectivity index (χ4v) is 2.79. The third kappa shape index (κ3) is 4.26. The molecule has 10 heteroatoms. The molecule has 0 fully saturated rings. The van der Waals surface area contributed by atoms with Crippen molar-refractivity contribution >= 4 is 17.5 Å². The number of ether oxygens (including phenoxy) is 1. The van der Waals surface area contributed by atoms with Crippen LogP contribution in [0.15, 0.2) is 36.5 Å². The lowest BCUT2D eigenvalue weighted by Crippen LogP contribution is -2.51. The Morgan fingerprint density at radius 1 is 1.29 bits per heavy atom. The first-order valence-corrected chi connectivity index (χ1v) is 8.74. The topological polar surface area (TPSA) is 76.5 Å². The number of hydrogen-bond acceptors (Lipinski definition) is 4. The molecule has 2 heterocycles. The lowest BCUT2D eigenvalue weighted by atomic mass is 10.1. The molecule has 1 N–H and O–H groups in total. The minimum Gasteiger partial charge on any atom is -0.477 e. The molecular weight excluding hydrogens is 377 g/mol. The number of carbonyl (C=O) groups is 2. The number of aromatic nitrogens is 2. The second-order valence-corrected chi connectivity index (χ2v) is 6.27. The van der Waals surface area contributed by atoms with Gasteiger partial charge in [-0.2, -0.15) is 18.3 Å². The van der Waals surface area contributed by atoms with Crippen LogP contribution in [0.3, 0.4) is 0 Å². The number of para-hydroxylation sites is 2. The van der Waals surface area contributed by atoms with Crippen molar-refractivity contribution in [3.05, 3.63) is 42.2 Å². The van der Waals surface area contributed by atoms with Crippen LogP contribution in [0.2, 0.25) is 0 Å². The van der Waals surface area contributed by atoms with Crippen molar-refractivity contribution in [2.24, 2.45) is 0 Å². The van der Waals surface area contributed by atoms with Gasteiger partial charge in [-0.25, -0.2) is 0 Å². The van der Waals surface area contributed by atoms with Gasteiger partial charge in [0.05, 0.1) is 12.2 Å². The minimum absolute atomic E-state index is 0.0429. The van der Waals surface area contributed by atoms with E-state index in [2.05, 4.69) is 10.4 Å². The Labute approximate surface area is 159 Å². The smallest absolute Gasteiger partial charge is 0.435 e. The van der Waals surface area contributed by atoms with Gasteiger partial charge in [0, 0.05) is 12.7 Å². The van der Waals surface area contributed by atoms with Crippen LogP contribution in [-0.4, -0.2) is 40.8 Å². The van der Waals surface area contributed by atoms with Crippen LogP contribution in [0.1, 0.15) is 19.0 Å². The van der Waals surface area contributed by atoms with E-state index < -0.39 is 30.4 Å². The summed E-state index contributed by atoms with van der Waals surface area (Å²) in [7, 11) is 0. The zero-order valence-corrected chi connectivity index (χ0v) is 15.1. The van der Waals surface area contributed by atoms with Gasteiger partial charge in [0.25, 0.3) is 5.91 Å². The van der Waals surface area contributed by atoms with Crippen molar-refractivity contribution in [2.45, 2.75) is 32.2 Å². The van der Waals surface area contributed by atoms with Crippen molar-refractivity contribution in [2.75, 3.05) is 18.0 Å². The fourth-order valence-electron chi connectivity index (χ4n) is 2.79. The van der Waals surface area contributed by atoms with Gasteiger partial charge in [-0.15, -0.1) is 0 Å². The Morgan fingerprint density at radius 2 is 2.04 bits per heavy atom. The number of carbonyl (C=O) groups excluding carboxylic acids is 2. The molecule has 0 radical (unpaired) electrons. The van der Waals surface area contributed by atoms with Crippen LogP contribution < -0.4 is 15.0 Å². The molecule has 0 saturated heterocycles. The van der Waals surface area contributed by atoms with Crippen molar-refractivity contribution in [3.8, 4) is 5.75 Å². The lowest BCUT2D eigenvalue weighted by Gasteiger charge is -2.34. The third-order valence-corrected chi connectivity index (χ3v) is 4.14. The molecule has 1 aromatic carbocycles. The molecular formula is C18H19F3N4O3. The number of amides is 2. The number of alkyl halides is 3. The molecule has 1 aliphatic heterocycles. The van der Waals surface area contributed by atoms with Gasteiger partial charge in [0.2, 0.25) is 5.91 Å². The first-order chi connectivity index (χ1) is 13.3. The zero-order valence-electron chi connectivity index (χ0n) is 15.1. The standard InChI is InChI=1S/C18H19F3N4O3/c1-2-8-22-17(27)14-10-25(12-5-3-4-6-13(12)28-14)16(26)11-24-9-7-15(23-24)18(19,20)21/h3-7,9,14H,2,8,10-11H2,1H3,(H,22,27). The average Bonchev–Trinajstić information content (AvgIpc) is 3.14. The van der Waals surface area contributed by atoms with Crippen molar-refractivity contribution in [1.82, 2.24) is 15.1 Å². The number of rotatable bonds is 5. The fraction of sp³-hybridized carbons (Fsp3) is 0.389. The summed E-state index contributed by atoms with van der Waals surface area (Å²) in [6.07, 6.45) is -3.65. The van der Waals surface area contributed by atoms with Gasteiger partial charge in [-0.05, 0) is 24.6 Å². The highest BCUT2D eigenvalue weighted by molar-refractivity contribution is 5.97. The predicted molar refractivity (Wildman–Crippen MR) is 93.7 cm³/mol. The summed E-state index contributed by atoms with van der Waals surface area (Å²) in [6.45, 7) is 1.95. The predicted octanol–water partition coefficient (Wildman–Crippen LogP) is 2.22. The molecule has 150 valence electrons. The molecule has 1 aliphatic rings. The molecule has 0 aliphatic carbocycles. The largest absolute Gasteiger partial charge is 0.477 e. The van der Waals surface area contributed by atoms with Crippen molar-refractivity contribution in [1.29, 1.82) is 0 Å². The highest BCUT2D eigenvalue weighted by atomic mass is 19.4. The number of fused-ring (bicyclic) bond motifs is 1. The molecule has 7 nitrogen and oxygen atoms in total. The van der Waals surface area contributed by atoms with E-state index in [9.17, 15) is 22.8 Å². The zero-order chi connectivity index (χ0) is 20.3. The van der Waals surface area contributed by atoms with Crippen LogP contribution >= 0.6 is 0 Å². The van der Waals surface area contributed by atoms with Crippen LogP contribution in [0, 0.1) is 0 Å². The maximum absolute atomic E-state index is 12.8. The van der Waals surface area contributed by atoms with Gasteiger partial charge in [0.15, 0.2) is 11.8 Å². The number of nitrogens with zero attached hydrogens (tertiary/aromatic N) is 3. The third-order valence-electron chi connectivity index (χ3n) is 4.14. The molecule has 1 aromatic heterocycles. The maximum atomic E-state index is 12.8. The van der Waals surface area contributed by atoms with E-state index in [4.69, 9.17) is 4.74 Å². The summed E-state index contributed by atoms with van der Waals surface area (Å²) in [5, 5.41) is 6.12. The number of benzene rings is 1. The van der Waals surface area contributed by atoms with Gasteiger partial charge in [0.1, 0.15) is 12.3 Å². The highest BCUT2D eigenvalue weighted by Crippen LogP contribution is 2.33. The van der Waals surface area contributed by atoms with Gasteiger partial charge in [-0.3, -0.25) is 14.3 Å². The summed E-state index contributed by atoms with van der Waals surface area (Å²) < 4.78 is 44.7. The molecule has 2 amide bonds. The van der Waals surface area contributed by atoms with E-state index in [0.717, 1.165) is 23.4 Å². The van der Waals surface area contributed by atoms with Crippen LogP contribution in [-0.2, 0) is 22.3 Å². The molecule has 28 heavy (non-hydrogen) atoms. The monoisotopic (exact) mass is 396 g/mol. The molecule has 2 aromatic rings.